The number of tetrazole rings is 1. The second-order valence-electron chi connectivity index (χ2n) is 6.73. The van der Waals surface area contributed by atoms with Crippen LogP contribution in [0.2, 0.25) is 0 Å². The number of aromatic amines is 1. The van der Waals surface area contributed by atoms with Crippen molar-refractivity contribution in [3.63, 3.8) is 0 Å². The van der Waals surface area contributed by atoms with Gasteiger partial charge >= 0.3 is 0 Å². The van der Waals surface area contributed by atoms with Gasteiger partial charge in [-0.25, -0.2) is 13.6 Å². The molecule has 28 heavy (non-hydrogen) atoms. The SMILES string of the molecule is NS(=O)(=O)c1c(Br)ccc(-c2ccc(C3CCNCC3)cc2)c1-c1nn[nH]n1. The summed E-state index contributed by atoms with van der Waals surface area (Å²) >= 11 is 3.29. The van der Waals surface area contributed by atoms with E-state index in [4.69, 9.17) is 5.14 Å². The first-order valence-electron chi connectivity index (χ1n) is 8.85. The smallest absolute Gasteiger partial charge is 0.239 e. The van der Waals surface area contributed by atoms with Gasteiger partial charge in [-0.1, -0.05) is 30.3 Å². The topological polar surface area (TPSA) is 127 Å². The number of nitrogens with two attached hydrogens (primary N) is 1. The molecule has 0 unspecified atom stereocenters. The first-order valence-corrected chi connectivity index (χ1v) is 11.2. The van der Waals surface area contributed by atoms with Gasteiger partial charge in [-0.05, 0) is 75.7 Å². The predicted octanol–water partition coefficient (Wildman–Crippen LogP) is 2.41. The monoisotopic (exact) mass is 462 g/mol. The Bertz CT molecular complexity index is 1080. The number of aromatic nitrogens is 4. The highest BCUT2D eigenvalue weighted by Gasteiger charge is 2.25. The fourth-order valence-electron chi connectivity index (χ4n) is 3.66. The molecule has 2 aromatic carbocycles. The Hall–Kier alpha value is -2.14. The highest BCUT2D eigenvalue weighted by Crippen LogP contribution is 2.39. The normalized spacial score (nSPS) is 15.6. The van der Waals surface area contributed by atoms with Gasteiger partial charge in [0.2, 0.25) is 15.8 Å². The number of hydrogen-bond donors (Lipinski definition) is 3. The number of H-pyrrole nitrogens is 1. The molecule has 4 rings (SSSR count). The summed E-state index contributed by atoms with van der Waals surface area (Å²) < 4.78 is 24.9. The molecule has 0 radical (unpaired) electrons. The number of nitrogens with one attached hydrogen (secondary N) is 2. The van der Waals surface area contributed by atoms with Crippen LogP contribution in [0.15, 0.2) is 45.8 Å². The summed E-state index contributed by atoms with van der Waals surface area (Å²) in [5, 5.41) is 22.8. The van der Waals surface area contributed by atoms with Crippen LogP contribution in [0.25, 0.3) is 22.5 Å². The number of halogens is 1. The zero-order valence-electron chi connectivity index (χ0n) is 14.9. The van der Waals surface area contributed by atoms with Crippen molar-refractivity contribution in [1.29, 1.82) is 0 Å². The van der Waals surface area contributed by atoms with Crippen molar-refractivity contribution in [2.45, 2.75) is 23.7 Å². The number of hydrogen-bond acceptors (Lipinski definition) is 6. The van der Waals surface area contributed by atoms with Gasteiger partial charge in [0.25, 0.3) is 0 Å². The maximum Gasteiger partial charge on any atom is 0.239 e. The second kappa shape index (κ2) is 7.70. The molecule has 1 aliphatic rings. The van der Waals surface area contributed by atoms with Crippen LogP contribution in [0.1, 0.15) is 24.3 Å². The molecule has 0 saturated carbocycles. The number of benzene rings is 2. The first-order chi connectivity index (χ1) is 13.4. The molecule has 0 amide bonds. The van der Waals surface area contributed by atoms with Crippen molar-refractivity contribution in [3.05, 3.63) is 46.4 Å². The molecule has 0 spiro atoms. The molecule has 0 aliphatic carbocycles. The molecular weight excluding hydrogens is 444 g/mol. The molecule has 8 nitrogen and oxygen atoms in total. The zero-order chi connectivity index (χ0) is 19.7. The number of primary sulfonamides is 1. The van der Waals surface area contributed by atoms with Gasteiger partial charge in [-0.2, -0.15) is 5.21 Å². The summed E-state index contributed by atoms with van der Waals surface area (Å²) in [5.41, 5.74) is 3.13. The fourth-order valence-corrected chi connectivity index (χ4v) is 5.49. The van der Waals surface area contributed by atoms with E-state index in [2.05, 4.69) is 54.0 Å². The highest BCUT2D eigenvalue weighted by molar-refractivity contribution is 9.10. The summed E-state index contributed by atoms with van der Waals surface area (Å²) in [5.74, 6) is 0.708. The van der Waals surface area contributed by atoms with Crippen LogP contribution in [-0.4, -0.2) is 42.1 Å². The van der Waals surface area contributed by atoms with Gasteiger partial charge in [0.05, 0.1) is 5.56 Å². The summed E-state index contributed by atoms with van der Waals surface area (Å²) in [6.07, 6.45) is 2.22. The Morgan fingerprint density at radius 3 is 2.39 bits per heavy atom. The van der Waals surface area contributed by atoms with E-state index in [1.165, 1.54) is 5.56 Å². The average Bonchev–Trinajstić information content (AvgIpc) is 3.22. The molecule has 2 heterocycles. The van der Waals surface area contributed by atoms with Gasteiger partial charge in [0, 0.05) is 4.47 Å². The third-order valence-electron chi connectivity index (χ3n) is 5.00. The Morgan fingerprint density at radius 1 is 1.07 bits per heavy atom. The minimum atomic E-state index is -4.02. The Labute approximate surface area is 171 Å². The Balaban J connectivity index is 1.84. The summed E-state index contributed by atoms with van der Waals surface area (Å²) in [4.78, 5) is -0.0613. The van der Waals surface area contributed by atoms with Crippen molar-refractivity contribution in [1.82, 2.24) is 25.9 Å². The van der Waals surface area contributed by atoms with Crippen LogP contribution in [0.4, 0.5) is 0 Å². The number of piperidine rings is 1. The van der Waals surface area contributed by atoms with Crippen LogP contribution < -0.4 is 10.5 Å². The number of rotatable bonds is 4. The Kier molecular flexibility index (Phi) is 5.28. The van der Waals surface area contributed by atoms with E-state index in [0.717, 1.165) is 31.5 Å². The summed E-state index contributed by atoms with van der Waals surface area (Å²) in [6.45, 7) is 2.05. The molecule has 3 aromatic rings. The number of sulfonamides is 1. The van der Waals surface area contributed by atoms with Crippen molar-refractivity contribution < 1.29 is 8.42 Å². The van der Waals surface area contributed by atoms with Gasteiger partial charge in [-0.15, -0.1) is 10.2 Å². The van der Waals surface area contributed by atoms with E-state index >= 15 is 0 Å². The molecule has 1 fully saturated rings. The zero-order valence-corrected chi connectivity index (χ0v) is 17.3. The van der Waals surface area contributed by atoms with E-state index in [-0.39, 0.29) is 10.7 Å². The van der Waals surface area contributed by atoms with Gasteiger partial charge in [-0.3, -0.25) is 0 Å². The van der Waals surface area contributed by atoms with E-state index in [9.17, 15) is 8.42 Å². The van der Waals surface area contributed by atoms with Gasteiger partial charge in [0.1, 0.15) is 4.90 Å². The van der Waals surface area contributed by atoms with Crippen molar-refractivity contribution in [2.24, 2.45) is 5.14 Å². The van der Waals surface area contributed by atoms with Crippen LogP contribution >= 0.6 is 15.9 Å². The quantitative estimate of drug-likeness (QED) is 0.546. The lowest BCUT2D eigenvalue weighted by Gasteiger charge is -2.23. The minimum Gasteiger partial charge on any atom is -0.317 e. The van der Waals surface area contributed by atoms with Gasteiger partial charge < -0.3 is 5.32 Å². The average molecular weight is 463 g/mol. The molecule has 1 aromatic heterocycles. The van der Waals surface area contributed by atoms with Crippen molar-refractivity contribution in [3.8, 4) is 22.5 Å². The van der Waals surface area contributed by atoms with Crippen LogP contribution in [0, 0.1) is 0 Å². The lowest BCUT2D eigenvalue weighted by atomic mass is 9.89. The molecule has 0 bridgehead atoms. The molecule has 1 aliphatic heterocycles. The van der Waals surface area contributed by atoms with E-state index in [0.29, 0.717) is 21.5 Å². The van der Waals surface area contributed by atoms with Crippen molar-refractivity contribution >= 4 is 26.0 Å². The second-order valence-corrected chi connectivity index (χ2v) is 9.08. The maximum atomic E-state index is 12.3. The molecule has 4 N–H and O–H groups in total. The third kappa shape index (κ3) is 3.72. The van der Waals surface area contributed by atoms with E-state index in [1.807, 2.05) is 18.2 Å². The summed E-state index contributed by atoms with van der Waals surface area (Å²) in [6, 6.07) is 11.7. The van der Waals surface area contributed by atoms with Crippen LogP contribution in [0.3, 0.4) is 0 Å². The largest absolute Gasteiger partial charge is 0.317 e. The first kappa shape index (κ1) is 19.2. The molecular formula is C18H19BrN6O2S. The van der Waals surface area contributed by atoms with Crippen molar-refractivity contribution in [2.75, 3.05) is 13.1 Å². The lowest BCUT2D eigenvalue weighted by Crippen LogP contribution is -2.26. The van der Waals surface area contributed by atoms with Crippen LogP contribution in [-0.2, 0) is 10.0 Å². The third-order valence-corrected chi connectivity index (χ3v) is 6.91. The maximum absolute atomic E-state index is 12.3. The molecule has 146 valence electrons. The fraction of sp³-hybridized carbons (Fsp3) is 0.278. The highest BCUT2D eigenvalue weighted by atomic mass is 79.9. The predicted molar refractivity (Wildman–Crippen MR) is 109 cm³/mol. The molecule has 1 saturated heterocycles. The molecule has 10 heteroatoms. The molecule has 0 atom stereocenters. The number of nitrogens with zero attached hydrogens (tertiary/aromatic N) is 3. The van der Waals surface area contributed by atoms with Gasteiger partial charge in [0.15, 0.2) is 0 Å². The minimum absolute atomic E-state index is 0.0613. The standard InChI is InChI=1S/C18H19BrN6O2S/c19-15-6-5-14(16(17(15)28(20,26)27)18-22-24-25-23-18)13-3-1-11(2-4-13)12-7-9-21-10-8-12/h1-6,12,21H,7-10H2,(H2,20,26,27)(H,22,23,24,25). The van der Waals surface area contributed by atoms with E-state index < -0.39 is 10.0 Å². The Morgan fingerprint density at radius 2 is 1.79 bits per heavy atom. The van der Waals surface area contributed by atoms with Crippen LogP contribution in [0.5, 0.6) is 0 Å². The summed E-state index contributed by atoms with van der Waals surface area (Å²) in [7, 11) is -4.02. The van der Waals surface area contributed by atoms with E-state index in [1.54, 1.807) is 6.07 Å². The lowest BCUT2D eigenvalue weighted by molar-refractivity contribution is 0.460.